The van der Waals surface area contributed by atoms with E-state index in [0.29, 0.717) is 18.1 Å². The Balaban J connectivity index is 0.00000172. The number of anilines is 1. The number of allylic oxidation sites excluding steroid dienone is 1. The summed E-state index contributed by atoms with van der Waals surface area (Å²) in [5.41, 5.74) is 1.34. The molecule has 0 radical (unpaired) electrons. The number of nitrogens with zero attached hydrogens (tertiary/aromatic N) is 1. The lowest BCUT2D eigenvalue weighted by Crippen LogP contribution is -2.33. The molecule has 1 unspecified atom stereocenters. The van der Waals surface area contributed by atoms with E-state index in [1.807, 2.05) is 20.8 Å². The molecule has 114 valence electrons. The van der Waals surface area contributed by atoms with Crippen LogP contribution in [0.15, 0.2) is 30.5 Å². The highest BCUT2D eigenvalue weighted by molar-refractivity contribution is 6.18. The Bertz CT molecular complexity index is 422. The minimum atomic E-state index is -0.668. The van der Waals surface area contributed by atoms with Crippen LogP contribution in [0, 0.1) is 5.82 Å². The largest absolute Gasteiger partial charge is 0.505 e. The lowest BCUT2D eigenvalue weighted by atomic mass is 10.2. The number of ether oxygens (including phenoxy) is 1. The van der Waals surface area contributed by atoms with Crippen LogP contribution in [0.4, 0.5) is 10.1 Å². The van der Waals surface area contributed by atoms with Crippen LogP contribution in [0.1, 0.15) is 20.8 Å². The van der Waals surface area contributed by atoms with Crippen molar-refractivity contribution in [3.05, 3.63) is 36.3 Å². The Morgan fingerprint density at radius 2 is 2.10 bits per heavy atom. The molecule has 0 saturated carbocycles. The fourth-order valence-corrected chi connectivity index (χ4v) is 1.76. The lowest BCUT2D eigenvalue weighted by Gasteiger charge is -2.28. The predicted molar refractivity (Wildman–Crippen MR) is 83.1 cm³/mol. The summed E-state index contributed by atoms with van der Waals surface area (Å²) in [5.74, 6) is -0.708. The quantitative estimate of drug-likeness (QED) is 0.801. The highest BCUT2D eigenvalue weighted by atomic mass is 35.5. The average molecular weight is 304 g/mol. The van der Waals surface area contributed by atoms with Crippen molar-refractivity contribution in [1.82, 2.24) is 0 Å². The van der Waals surface area contributed by atoms with Crippen molar-refractivity contribution in [2.24, 2.45) is 0 Å². The van der Waals surface area contributed by atoms with Crippen LogP contribution in [0.5, 0.6) is 5.75 Å². The number of phenols is 1. The van der Waals surface area contributed by atoms with E-state index in [2.05, 4.69) is 6.58 Å². The molecule has 1 rings (SSSR count). The fraction of sp³-hybridized carbons (Fsp3) is 0.467. The summed E-state index contributed by atoms with van der Waals surface area (Å²) in [4.78, 5) is 1.79. The van der Waals surface area contributed by atoms with Gasteiger partial charge < -0.3 is 14.7 Å². The molecule has 20 heavy (non-hydrogen) atoms. The number of benzene rings is 1. The molecule has 1 aromatic rings. The minimum absolute atomic E-state index is 0.180. The molecule has 1 aromatic carbocycles. The van der Waals surface area contributed by atoms with Gasteiger partial charge in [0.2, 0.25) is 0 Å². The van der Waals surface area contributed by atoms with E-state index in [1.165, 1.54) is 12.1 Å². The van der Waals surface area contributed by atoms with E-state index in [0.717, 1.165) is 5.70 Å². The predicted octanol–water partition coefficient (Wildman–Crippen LogP) is 4.15. The molecular weight excluding hydrogens is 281 g/mol. The topological polar surface area (TPSA) is 32.7 Å². The molecule has 0 saturated heterocycles. The molecule has 0 heterocycles. The van der Waals surface area contributed by atoms with Gasteiger partial charge in [-0.05, 0) is 19.1 Å². The second kappa shape index (κ2) is 9.61. The van der Waals surface area contributed by atoms with Crippen molar-refractivity contribution in [2.75, 3.05) is 24.4 Å². The first-order valence-electron chi connectivity index (χ1n) is 6.50. The van der Waals surface area contributed by atoms with Crippen LogP contribution in [0.2, 0.25) is 0 Å². The Morgan fingerprint density at radius 1 is 1.50 bits per heavy atom. The summed E-state index contributed by atoms with van der Waals surface area (Å²) in [6.07, 6.45) is -0.180. The van der Waals surface area contributed by atoms with Gasteiger partial charge in [0.25, 0.3) is 0 Å². The van der Waals surface area contributed by atoms with E-state index in [9.17, 15) is 9.50 Å². The molecule has 1 atom stereocenters. The molecule has 5 heteroatoms. The van der Waals surface area contributed by atoms with Crippen LogP contribution < -0.4 is 4.90 Å². The van der Waals surface area contributed by atoms with Gasteiger partial charge in [0.15, 0.2) is 11.6 Å². The second-order valence-corrected chi connectivity index (χ2v) is 4.30. The van der Waals surface area contributed by atoms with Crippen molar-refractivity contribution in [3.63, 3.8) is 0 Å². The maximum Gasteiger partial charge on any atom is 0.166 e. The third-order valence-corrected chi connectivity index (χ3v) is 2.94. The Kier molecular flexibility index (Phi) is 9.01. The maximum absolute atomic E-state index is 13.3. The number of rotatable bonds is 6. The lowest BCUT2D eigenvalue weighted by molar-refractivity contribution is 0.127. The van der Waals surface area contributed by atoms with Crippen molar-refractivity contribution in [2.45, 2.75) is 26.9 Å². The molecule has 1 N–H and O–H groups in total. The van der Waals surface area contributed by atoms with Gasteiger partial charge in [-0.1, -0.05) is 20.4 Å². The summed E-state index contributed by atoms with van der Waals surface area (Å²) in [6, 6.07) is 4.18. The van der Waals surface area contributed by atoms with Gasteiger partial charge >= 0.3 is 0 Å². The zero-order chi connectivity index (χ0) is 15.7. The summed E-state index contributed by atoms with van der Waals surface area (Å²) in [7, 11) is 1.57. The Hall–Kier alpha value is -1.26. The summed E-state index contributed by atoms with van der Waals surface area (Å²) < 4.78 is 18.5. The molecule has 0 bridgehead atoms. The Morgan fingerprint density at radius 3 is 2.50 bits per heavy atom. The smallest absolute Gasteiger partial charge is 0.166 e. The van der Waals surface area contributed by atoms with Crippen LogP contribution in [-0.4, -0.2) is 30.7 Å². The first-order valence-corrected chi connectivity index (χ1v) is 7.03. The zero-order valence-corrected chi connectivity index (χ0v) is 13.2. The molecule has 0 aliphatic carbocycles. The second-order valence-electron chi connectivity index (χ2n) is 3.99. The number of hydrogen-bond acceptors (Lipinski definition) is 3. The molecule has 0 aliphatic rings. The average Bonchev–Trinajstić information content (AvgIpc) is 2.45. The fourth-order valence-electron chi connectivity index (χ4n) is 1.54. The van der Waals surface area contributed by atoms with Gasteiger partial charge in [-0.15, -0.1) is 11.6 Å². The third-order valence-electron chi connectivity index (χ3n) is 2.60. The third kappa shape index (κ3) is 5.39. The molecule has 0 spiro atoms. The highest BCUT2D eigenvalue weighted by Crippen LogP contribution is 2.25. The standard InChI is InChI=1S/C13H17ClFNO2.C2H6/c1-9(2)16(8-11(7-14)18-3)10-4-5-13(17)12(15)6-10;1-2/h4-6,11,17H,1,7-8H2,2-3H3;1-2H3. The number of phenolic OH excluding ortho intramolecular Hbond substituents is 1. The van der Waals surface area contributed by atoms with Gasteiger partial charge in [0.1, 0.15) is 0 Å². The summed E-state index contributed by atoms with van der Waals surface area (Å²) in [5, 5.41) is 9.18. The van der Waals surface area contributed by atoms with Crippen LogP contribution in [0.3, 0.4) is 0 Å². The number of methoxy groups -OCH3 is 1. The van der Waals surface area contributed by atoms with Crippen molar-refractivity contribution < 1.29 is 14.2 Å². The monoisotopic (exact) mass is 303 g/mol. The molecule has 0 fully saturated rings. The van der Waals surface area contributed by atoms with E-state index < -0.39 is 5.82 Å². The van der Waals surface area contributed by atoms with Gasteiger partial charge in [-0.25, -0.2) is 4.39 Å². The van der Waals surface area contributed by atoms with Crippen LogP contribution in [-0.2, 0) is 4.74 Å². The first kappa shape index (κ1) is 18.7. The van der Waals surface area contributed by atoms with Gasteiger partial charge in [-0.3, -0.25) is 0 Å². The maximum atomic E-state index is 13.3. The van der Waals surface area contributed by atoms with Crippen molar-refractivity contribution in [3.8, 4) is 5.75 Å². The van der Waals surface area contributed by atoms with Gasteiger partial charge in [0.05, 0.1) is 18.5 Å². The molecule has 0 aliphatic heterocycles. The zero-order valence-electron chi connectivity index (χ0n) is 12.5. The summed E-state index contributed by atoms with van der Waals surface area (Å²) >= 11 is 5.76. The Labute approximate surface area is 125 Å². The molecular formula is C15H23ClFNO2. The van der Waals surface area contributed by atoms with Crippen molar-refractivity contribution >= 4 is 17.3 Å². The summed E-state index contributed by atoms with van der Waals surface area (Å²) in [6.45, 7) is 10.1. The highest BCUT2D eigenvalue weighted by Gasteiger charge is 2.15. The van der Waals surface area contributed by atoms with Gasteiger partial charge in [-0.2, -0.15) is 0 Å². The van der Waals surface area contributed by atoms with Gasteiger partial charge in [0, 0.05) is 24.6 Å². The number of halogens is 2. The van der Waals surface area contributed by atoms with E-state index >= 15 is 0 Å². The number of aromatic hydroxyl groups is 1. The molecule has 0 aromatic heterocycles. The molecule has 0 amide bonds. The SMILES string of the molecule is C=C(C)N(CC(CCl)OC)c1ccc(O)c(F)c1.CC. The van der Waals surface area contributed by atoms with Crippen LogP contribution >= 0.6 is 11.6 Å². The minimum Gasteiger partial charge on any atom is -0.505 e. The normalized spacial score (nSPS) is 11.3. The van der Waals surface area contributed by atoms with E-state index in [4.69, 9.17) is 16.3 Å². The molecule has 3 nitrogen and oxygen atoms in total. The van der Waals surface area contributed by atoms with E-state index in [-0.39, 0.29) is 11.9 Å². The van der Waals surface area contributed by atoms with Crippen LogP contribution in [0.25, 0.3) is 0 Å². The van der Waals surface area contributed by atoms with Crippen molar-refractivity contribution in [1.29, 1.82) is 0 Å². The first-order chi connectivity index (χ1) is 9.49. The number of hydrogen-bond donors (Lipinski definition) is 1. The van der Waals surface area contributed by atoms with E-state index in [1.54, 1.807) is 18.1 Å². The number of alkyl halides is 1.